The predicted octanol–water partition coefficient (Wildman–Crippen LogP) is 3.34. The molecule has 4 rings (SSSR count). The molecule has 8 heteroatoms. The number of hydrogen-bond acceptors (Lipinski definition) is 6. The predicted molar refractivity (Wildman–Crippen MR) is 119 cm³/mol. The number of aryl methyl sites for hydroxylation is 1. The summed E-state index contributed by atoms with van der Waals surface area (Å²) < 4.78 is 7.84. The molecule has 0 bridgehead atoms. The van der Waals surface area contributed by atoms with E-state index in [-0.39, 0.29) is 11.4 Å². The molecule has 2 heterocycles. The van der Waals surface area contributed by atoms with E-state index in [9.17, 15) is 4.79 Å². The highest BCUT2D eigenvalue weighted by Crippen LogP contribution is 2.34. The van der Waals surface area contributed by atoms with Crippen molar-refractivity contribution in [2.75, 3.05) is 38.6 Å². The van der Waals surface area contributed by atoms with Gasteiger partial charge in [0.05, 0.1) is 19.0 Å². The zero-order chi connectivity index (χ0) is 20.8. The quantitative estimate of drug-likeness (QED) is 0.663. The first-order valence-electron chi connectivity index (χ1n) is 11.8. The average Bonchev–Trinajstić information content (AvgIpc) is 3.18. The van der Waals surface area contributed by atoms with Gasteiger partial charge in [-0.3, -0.25) is 9.69 Å². The van der Waals surface area contributed by atoms with Crippen LogP contribution in [0.1, 0.15) is 76.1 Å². The van der Waals surface area contributed by atoms with E-state index < -0.39 is 0 Å². The van der Waals surface area contributed by atoms with Gasteiger partial charge >= 0.3 is 0 Å². The van der Waals surface area contributed by atoms with Crippen LogP contribution in [0, 0.1) is 6.92 Å². The third-order valence-electron chi connectivity index (χ3n) is 7.19. The van der Waals surface area contributed by atoms with Crippen molar-refractivity contribution in [3.05, 3.63) is 5.82 Å². The van der Waals surface area contributed by atoms with Gasteiger partial charge in [-0.05, 0) is 32.6 Å². The molecule has 0 aromatic carbocycles. The normalized spacial score (nSPS) is 23.4. The summed E-state index contributed by atoms with van der Waals surface area (Å²) in [5.41, 5.74) is 0.112. The second-order valence-corrected chi connectivity index (χ2v) is 10.1. The Morgan fingerprint density at radius 2 is 1.80 bits per heavy atom. The molecule has 3 aliphatic rings. The second-order valence-electron chi connectivity index (χ2n) is 9.14. The Morgan fingerprint density at radius 1 is 1.10 bits per heavy atom. The van der Waals surface area contributed by atoms with E-state index >= 15 is 0 Å². The molecule has 30 heavy (non-hydrogen) atoms. The van der Waals surface area contributed by atoms with Crippen molar-refractivity contribution in [2.24, 2.45) is 0 Å². The van der Waals surface area contributed by atoms with Crippen LogP contribution in [-0.2, 0) is 9.53 Å². The van der Waals surface area contributed by atoms with Gasteiger partial charge in [0, 0.05) is 31.2 Å². The van der Waals surface area contributed by atoms with E-state index in [0.29, 0.717) is 11.8 Å². The highest BCUT2D eigenvalue weighted by molar-refractivity contribution is 7.99. The molecule has 0 unspecified atom stereocenters. The van der Waals surface area contributed by atoms with E-state index in [1.165, 1.54) is 76.0 Å². The van der Waals surface area contributed by atoms with Crippen LogP contribution in [0.15, 0.2) is 5.16 Å². The van der Waals surface area contributed by atoms with Crippen LogP contribution in [0.5, 0.6) is 0 Å². The first-order chi connectivity index (χ1) is 14.7. The molecule has 1 saturated heterocycles. The van der Waals surface area contributed by atoms with Crippen molar-refractivity contribution >= 4 is 17.7 Å². The molecule has 1 aliphatic heterocycles. The van der Waals surface area contributed by atoms with Gasteiger partial charge in [0.25, 0.3) is 0 Å². The Morgan fingerprint density at radius 3 is 2.53 bits per heavy atom. The highest BCUT2D eigenvalue weighted by atomic mass is 32.2. The lowest BCUT2D eigenvalue weighted by atomic mass is 9.79. The number of aromatic nitrogens is 3. The molecular formula is C22H37N5O2S. The van der Waals surface area contributed by atoms with Gasteiger partial charge < -0.3 is 14.6 Å². The summed E-state index contributed by atoms with van der Waals surface area (Å²) in [6.07, 6.45) is 12.4. The van der Waals surface area contributed by atoms with Gasteiger partial charge in [-0.15, -0.1) is 10.2 Å². The number of nitrogens with zero attached hydrogens (tertiary/aromatic N) is 4. The summed E-state index contributed by atoms with van der Waals surface area (Å²) in [7, 11) is 0. The number of nitrogens with one attached hydrogen (secondary N) is 1. The Balaban J connectivity index is 1.32. The molecule has 1 N–H and O–H groups in total. The van der Waals surface area contributed by atoms with Gasteiger partial charge in [-0.1, -0.05) is 50.3 Å². The number of amides is 1. The number of carbonyl (C=O) groups excluding carboxylic acids is 1. The fraction of sp³-hybridized carbons (Fsp3) is 0.864. The molecule has 7 nitrogen and oxygen atoms in total. The third kappa shape index (κ3) is 5.19. The van der Waals surface area contributed by atoms with Gasteiger partial charge in [-0.25, -0.2) is 0 Å². The van der Waals surface area contributed by atoms with Crippen LogP contribution in [0.4, 0.5) is 0 Å². The van der Waals surface area contributed by atoms with Gasteiger partial charge in [0.2, 0.25) is 5.91 Å². The van der Waals surface area contributed by atoms with E-state index in [4.69, 9.17) is 4.74 Å². The van der Waals surface area contributed by atoms with Crippen molar-refractivity contribution in [1.29, 1.82) is 0 Å². The minimum Gasteiger partial charge on any atom is -0.379 e. The molecule has 2 saturated carbocycles. The van der Waals surface area contributed by atoms with Crippen LogP contribution >= 0.6 is 11.8 Å². The SMILES string of the molecule is Cc1nnc(SCC(=O)NCC2(N3CCOCC3)CCCCC2)n1C1CCCCC1. The van der Waals surface area contributed by atoms with Crippen molar-refractivity contribution in [2.45, 2.75) is 87.9 Å². The first-order valence-corrected chi connectivity index (χ1v) is 12.8. The van der Waals surface area contributed by atoms with Crippen LogP contribution < -0.4 is 5.32 Å². The Kier molecular flexibility index (Phi) is 7.70. The summed E-state index contributed by atoms with van der Waals surface area (Å²) >= 11 is 1.53. The maximum Gasteiger partial charge on any atom is 0.230 e. The Labute approximate surface area is 184 Å². The van der Waals surface area contributed by atoms with Crippen LogP contribution in [0.2, 0.25) is 0 Å². The maximum absolute atomic E-state index is 12.7. The number of thioether (sulfide) groups is 1. The van der Waals surface area contributed by atoms with E-state index in [1.54, 1.807) is 0 Å². The van der Waals surface area contributed by atoms with E-state index in [0.717, 1.165) is 43.8 Å². The minimum absolute atomic E-state index is 0.106. The highest BCUT2D eigenvalue weighted by Gasteiger charge is 2.38. The van der Waals surface area contributed by atoms with Gasteiger partial charge in [0.1, 0.15) is 5.82 Å². The fourth-order valence-electron chi connectivity index (χ4n) is 5.50. The molecule has 1 aromatic rings. The van der Waals surface area contributed by atoms with Crippen LogP contribution in [-0.4, -0.2) is 69.7 Å². The minimum atomic E-state index is 0.106. The molecule has 168 valence electrons. The van der Waals surface area contributed by atoms with Crippen molar-refractivity contribution < 1.29 is 9.53 Å². The Hall–Kier alpha value is -1.12. The fourth-order valence-corrected chi connectivity index (χ4v) is 6.39. The van der Waals surface area contributed by atoms with Gasteiger partial charge in [-0.2, -0.15) is 0 Å². The van der Waals surface area contributed by atoms with Crippen molar-refractivity contribution in [3.8, 4) is 0 Å². The maximum atomic E-state index is 12.7. The summed E-state index contributed by atoms with van der Waals surface area (Å²) in [6, 6.07) is 0.492. The molecular weight excluding hydrogens is 398 g/mol. The number of ether oxygens (including phenoxy) is 1. The number of morpholine rings is 1. The molecule has 1 amide bonds. The number of hydrogen-bond donors (Lipinski definition) is 1. The lowest BCUT2D eigenvalue weighted by molar-refractivity contribution is -0.119. The number of carbonyl (C=O) groups is 1. The number of rotatable bonds is 7. The van der Waals surface area contributed by atoms with Gasteiger partial charge in [0.15, 0.2) is 5.16 Å². The second kappa shape index (κ2) is 10.5. The summed E-state index contributed by atoms with van der Waals surface area (Å²) in [6.45, 7) is 6.36. The largest absolute Gasteiger partial charge is 0.379 e. The average molecular weight is 436 g/mol. The van der Waals surface area contributed by atoms with Crippen LogP contribution in [0.25, 0.3) is 0 Å². The Bertz CT molecular complexity index is 692. The molecule has 2 aliphatic carbocycles. The topological polar surface area (TPSA) is 72.3 Å². The summed E-state index contributed by atoms with van der Waals surface area (Å²) in [5, 5.41) is 12.8. The zero-order valence-electron chi connectivity index (χ0n) is 18.4. The van der Waals surface area contributed by atoms with E-state index in [1.807, 2.05) is 6.92 Å². The summed E-state index contributed by atoms with van der Waals surface area (Å²) in [4.78, 5) is 15.3. The van der Waals surface area contributed by atoms with Crippen LogP contribution in [0.3, 0.4) is 0 Å². The van der Waals surface area contributed by atoms with Crippen molar-refractivity contribution in [3.63, 3.8) is 0 Å². The first kappa shape index (κ1) is 22.1. The smallest absolute Gasteiger partial charge is 0.230 e. The lowest BCUT2D eigenvalue weighted by Gasteiger charge is -2.48. The van der Waals surface area contributed by atoms with Crippen molar-refractivity contribution in [1.82, 2.24) is 25.0 Å². The zero-order valence-corrected chi connectivity index (χ0v) is 19.2. The lowest BCUT2D eigenvalue weighted by Crippen LogP contribution is -2.59. The molecule has 0 atom stereocenters. The third-order valence-corrected chi connectivity index (χ3v) is 8.13. The van der Waals surface area contributed by atoms with E-state index in [2.05, 4.69) is 25.0 Å². The standard InChI is InChI=1S/C22H37N5O2S/c1-18-24-25-21(27(18)19-8-4-2-5-9-19)30-16-20(28)23-17-22(10-6-3-7-11-22)26-12-14-29-15-13-26/h19H,2-17H2,1H3,(H,23,28). The monoisotopic (exact) mass is 435 g/mol. The molecule has 1 aromatic heterocycles. The molecule has 0 radical (unpaired) electrons. The summed E-state index contributed by atoms with van der Waals surface area (Å²) in [5.74, 6) is 1.48. The molecule has 0 spiro atoms. The molecule has 3 fully saturated rings.